The number of allylic oxidation sites excluding steroid dienone is 3. The molecule has 0 bridgehead atoms. The highest BCUT2D eigenvalue weighted by Gasteiger charge is 2.58. The van der Waals surface area contributed by atoms with Crippen molar-refractivity contribution in [3.05, 3.63) is 23.3 Å². The molecule has 0 heterocycles. The lowest BCUT2D eigenvalue weighted by atomic mass is 9.46. The molecule has 24 heavy (non-hydrogen) atoms. The van der Waals surface area contributed by atoms with E-state index in [0.717, 1.165) is 37.0 Å². The van der Waals surface area contributed by atoms with Crippen molar-refractivity contribution in [2.24, 2.45) is 34.5 Å². The fourth-order valence-electron chi connectivity index (χ4n) is 7.06. The lowest BCUT2D eigenvalue weighted by Crippen LogP contribution is -2.50. The summed E-state index contributed by atoms with van der Waals surface area (Å²) in [5, 5.41) is 9.15. The minimum atomic E-state index is 0.184. The van der Waals surface area contributed by atoms with E-state index >= 15 is 0 Å². The summed E-state index contributed by atoms with van der Waals surface area (Å²) in [7, 11) is 0. The van der Waals surface area contributed by atoms with Gasteiger partial charge in [0.05, 0.1) is 6.07 Å². The fraction of sp³-hybridized carbons (Fsp3) is 0.727. The Morgan fingerprint density at radius 1 is 1.17 bits per heavy atom. The lowest BCUT2D eigenvalue weighted by Gasteiger charge is -2.58. The largest absolute Gasteiger partial charge is 0.295 e. The molecule has 3 saturated carbocycles. The molecule has 0 aliphatic heterocycles. The van der Waals surface area contributed by atoms with E-state index in [-0.39, 0.29) is 16.7 Å². The van der Waals surface area contributed by atoms with E-state index in [1.165, 1.54) is 36.8 Å². The van der Waals surface area contributed by atoms with Gasteiger partial charge in [-0.15, -0.1) is 0 Å². The molecule has 4 aliphatic rings. The third-order valence-electron chi connectivity index (χ3n) is 8.36. The Balaban J connectivity index is 1.69. The summed E-state index contributed by atoms with van der Waals surface area (Å²) in [5.41, 5.74) is 3.34. The van der Waals surface area contributed by atoms with E-state index in [2.05, 4.69) is 26.8 Å². The normalized spacial score (nSPS) is 49.0. The number of nitrogens with zero attached hydrogens (tertiary/aromatic N) is 1. The highest BCUT2D eigenvalue weighted by molar-refractivity contribution is 5.93. The first-order valence-electron chi connectivity index (χ1n) is 9.74. The quantitative estimate of drug-likeness (QED) is 0.574. The van der Waals surface area contributed by atoms with Crippen LogP contribution in [0.4, 0.5) is 0 Å². The van der Waals surface area contributed by atoms with Gasteiger partial charge in [-0.1, -0.05) is 31.9 Å². The van der Waals surface area contributed by atoms with Crippen molar-refractivity contribution in [1.82, 2.24) is 0 Å². The van der Waals surface area contributed by atoms with E-state index in [1.54, 1.807) is 0 Å². The van der Waals surface area contributed by atoms with Crippen LogP contribution in [0.25, 0.3) is 0 Å². The average molecular weight is 323 g/mol. The van der Waals surface area contributed by atoms with E-state index < -0.39 is 0 Å². The average Bonchev–Trinajstić information content (AvgIpc) is 2.86. The zero-order valence-corrected chi connectivity index (χ0v) is 15.3. The zero-order chi connectivity index (χ0) is 17.1. The molecule has 0 N–H and O–H groups in total. The van der Waals surface area contributed by atoms with Crippen LogP contribution in [0, 0.1) is 45.8 Å². The predicted octanol–water partition coefficient (Wildman–Crippen LogP) is 5.21. The van der Waals surface area contributed by atoms with Crippen molar-refractivity contribution in [1.29, 1.82) is 5.26 Å². The SMILES string of the molecule is C[C@H]1C[C@@]2(C)C(=CC1=O)CCC1C3CC/C(=C/C#N)C3(C)CCC12. The van der Waals surface area contributed by atoms with Crippen molar-refractivity contribution in [2.45, 2.75) is 65.7 Å². The first kappa shape index (κ1) is 16.1. The van der Waals surface area contributed by atoms with Gasteiger partial charge in [-0.25, -0.2) is 0 Å². The molecule has 0 amide bonds. The molecule has 4 aliphatic carbocycles. The van der Waals surface area contributed by atoms with E-state index in [0.29, 0.717) is 5.78 Å². The van der Waals surface area contributed by atoms with Crippen LogP contribution in [0.2, 0.25) is 0 Å². The molecule has 2 nitrogen and oxygen atoms in total. The topological polar surface area (TPSA) is 40.9 Å². The van der Waals surface area contributed by atoms with Crippen molar-refractivity contribution in [3.8, 4) is 6.07 Å². The van der Waals surface area contributed by atoms with Crippen LogP contribution in [0.1, 0.15) is 65.7 Å². The molecular weight excluding hydrogens is 294 g/mol. The Morgan fingerprint density at radius 2 is 1.92 bits per heavy atom. The smallest absolute Gasteiger partial charge is 0.158 e. The summed E-state index contributed by atoms with van der Waals surface area (Å²) in [6.07, 6.45) is 12.1. The van der Waals surface area contributed by atoms with Crippen molar-refractivity contribution >= 4 is 5.78 Å². The minimum absolute atomic E-state index is 0.184. The third-order valence-corrected chi connectivity index (χ3v) is 8.36. The van der Waals surface area contributed by atoms with Gasteiger partial charge in [0.1, 0.15) is 0 Å². The molecule has 2 heteroatoms. The van der Waals surface area contributed by atoms with Gasteiger partial charge < -0.3 is 0 Å². The Hall–Kier alpha value is -1.36. The van der Waals surface area contributed by atoms with Crippen molar-refractivity contribution < 1.29 is 4.79 Å². The molecule has 0 aromatic carbocycles. The van der Waals surface area contributed by atoms with Crippen LogP contribution in [0.15, 0.2) is 23.3 Å². The second-order valence-electron chi connectivity index (χ2n) is 9.30. The number of hydrogen-bond donors (Lipinski definition) is 0. The zero-order valence-electron chi connectivity index (χ0n) is 15.3. The molecule has 0 aromatic heterocycles. The van der Waals surface area contributed by atoms with Crippen molar-refractivity contribution in [2.75, 3.05) is 0 Å². The monoisotopic (exact) mass is 323 g/mol. The molecular formula is C22H29NO. The van der Waals surface area contributed by atoms with E-state index in [9.17, 15) is 4.79 Å². The van der Waals surface area contributed by atoms with E-state index in [4.69, 9.17) is 5.26 Å². The summed E-state index contributed by atoms with van der Waals surface area (Å²) in [4.78, 5) is 12.2. The third kappa shape index (κ3) is 2.03. The molecule has 6 atom stereocenters. The maximum Gasteiger partial charge on any atom is 0.158 e. The summed E-state index contributed by atoms with van der Waals surface area (Å²) in [6.45, 7) is 6.98. The molecule has 0 spiro atoms. The summed E-state index contributed by atoms with van der Waals surface area (Å²) < 4.78 is 0. The predicted molar refractivity (Wildman–Crippen MR) is 95.0 cm³/mol. The van der Waals surface area contributed by atoms with Gasteiger partial charge in [0.25, 0.3) is 0 Å². The number of ketones is 1. The number of hydrogen-bond acceptors (Lipinski definition) is 2. The summed E-state index contributed by atoms with van der Waals surface area (Å²) >= 11 is 0. The Kier molecular flexibility index (Phi) is 3.57. The van der Waals surface area contributed by atoms with Crippen LogP contribution in [-0.2, 0) is 4.79 Å². The van der Waals surface area contributed by atoms with Crippen LogP contribution >= 0.6 is 0 Å². The van der Waals surface area contributed by atoms with Gasteiger partial charge in [-0.3, -0.25) is 4.79 Å². The lowest BCUT2D eigenvalue weighted by molar-refractivity contribution is -0.121. The Bertz CT molecular complexity index is 681. The Morgan fingerprint density at radius 3 is 2.67 bits per heavy atom. The molecule has 128 valence electrons. The van der Waals surface area contributed by atoms with Crippen LogP contribution in [0.5, 0.6) is 0 Å². The van der Waals surface area contributed by atoms with Gasteiger partial charge >= 0.3 is 0 Å². The highest BCUT2D eigenvalue weighted by Crippen LogP contribution is 2.66. The number of carbonyl (C=O) groups excluding carboxylic acids is 1. The van der Waals surface area contributed by atoms with Crippen LogP contribution in [-0.4, -0.2) is 5.78 Å². The van der Waals surface area contributed by atoms with E-state index in [1.807, 2.05) is 12.2 Å². The Labute approximate surface area is 146 Å². The van der Waals surface area contributed by atoms with Crippen LogP contribution in [0.3, 0.4) is 0 Å². The number of rotatable bonds is 0. The fourth-order valence-corrected chi connectivity index (χ4v) is 7.06. The molecule has 3 fully saturated rings. The van der Waals surface area contributed by atoms with Crippen LogP contribution < -0.4 is 0 Å². The van der Waals surface area contributed by atoms with Crippen molar-refractivity contribution in [3.63, 3.8) is 0 Å². The standard InChI is InChI=1S/C22H29NO/c1-14-13-22(3)16(12-20(14)24)4-6-17-18-7-5-15(9-11-23)21(18,2)10-8-19(17)22/h9,12,14,17-19H,4-8,10,13H2,1-3H3/b15-9-/t14-,17?,18?,19?,21?,22-/m0/s1. The van der Waals surface area contributed by atoms with Gasteiger partial charge in [0.15, 0.2) is 5.78 Å². The number of nitriles is 1. The first-order chi connectivity index (χ1) is 11.4. The number of fused-ring (bicyclic) bond motifs is 5. The van der Waals surface area contributed by atoms with Gasteiger partial charge in [-0.2, -0.15) is 5.26 Å². The van der Waals surface area contributed by atoms with Gasteiger partial charge in [0, 0.05) is 12.0 Å². The molecule has 4 rings (SSSR count). The molecule has 0 aromatic rings. The molecule has 0 saturated heterocycles. The second-order valence-corrected chi connectivity index (χ2v) is 9.30. The molecule has 0 radical (unpaired) electrons. The highest BCUT2D eigenvalue weighted by atomic mass is 16.1. The minimum Gasteiger partial charge on any atom is -0.295 e. The maximum absolute atomic E-state index is 12.2. The van der Waals surface area contributed by atoms with Gasteiger partial charge in [-0.05, 0) is 79.6 Å². The van der Waals surface area contributed by atoms with Gasteiger partial charge in [0.2, 0.25) is 0 Å². The second kappa shape index (κ2) is 5.32. The summed E-state index contributed by atoms with van der Waals surface area (Å²) in [5.74, 6) is 2.77. The summed E-state index contributed by atoms with van der Waals surface area (Å²) in [6, 6.07) is 2.29. The number of carbonyl (C=O) groups is 1. The maximum atomic E-state index is 12.2. The first-order valence-corrected chi connectivity index (χ1v) is 9.74. The molecule has 4 unspecified atom stereocenters.